The number of rotatable bonds is 6. The molecular weight excluding hydrogens is 268 g/mol. The number of nitrogens with one attached hydrogen (secondary N) is 2. The van der Waals surface area contributed by atoms with Crippen LogP contribution in [0.25, 0.3) is 11.0 Å². The molecule has 0 bridgehead atoms. The largest absolute Gasteiger partial charge is 0.384 e. The zero-order valence-corrected chi connectivity index (χ0v) is 12.6. The van der Waals surface area contributed by atoms with E-state index < -0.39 is 0 Å². The van der Waals surface area contributed by atoms with Gasteiger partial charge in [0.15, 0.2) is 5.65 Å². The van der Waals surface area contributed by atoms with Crippen molar-refractivity contribution in [3.05, 3.63) is 6.20 Å². The molecule has 0 spiro atoms. The molecule has 7 nitrogen and oxygen atoms in total. The zero-order valence-electron chi connectivity index (χ0n) is 12.6. The fourth-order valence-electron chi connectivity index (χ4n) is 2.77. The highest BCUT2D eigenvalue weighted by Gasteiger charge is 2.25. The maximum atomic E-state index is 5.27. The van der Waals surface area contributed by atoms with E-state index in [-0.39, 0.29) is 0 Å². The summed E-state index contributed by atoms with van der Waals surface area (Å²) in [4.78, 5) is 11.5. The molecule has 2 aromatic heterocycles. The molecule has 114 valence electrons. The van der Waals surface area contributed by atoms with Crippen LogP contribution in [0.4, 0.5) is 11.8 Å². The van der Waals surface area contributed by atoms with E-state index in [2.05, 4.69) is 32.3 Å². The smallest absolute Gasteiger partial charge is 0.226 e. The third-order valence-electron chi connectivity index (χ3n) is 3.81. The average Bonchev–Trinajstić information content (AvgIpc) is 3.13. The van der Waals surface area contributed by atoms with Gasteiger partial charge in [-0.15, -0.1) is 0 Å². The van der Waals surface area contributed by atoms with E-state index in [0.717, 1.165) is 55.9 Å². The van der Waals surface area contributed by atoms with Crippen LogP contribution in [0.3, 0.4) is 0 Å². The quantitative estimate of drug-likeness (QED) is 0.842. The number of hydrogen-bond acceptors (Lipinski definition) is 6. The van der Waals surface area contributed by atoms with Crippen molar-refractivity contribution in [3.8, 4) is 0 Å². The summed E-state index contributed by atoms with van der Waals surface area (Å²) in [5, 5.41) is 11.3. The van der Waals surface area contributed by atoms with Crippen LogP contribution in [0.5, 0.6) is 0 Å². The third kappa shape index (κ3) is 2.92. The first-order chi connectivity index (χ1) is 10.3. The van der Waals surface area contributed by atoms with Gasteiger partial charge in [0.05, 0.1) is 18.2 Å². The Kier molecular flexibility index (Phi) is 4.19. The number of aromatic nitrogens is 4. The topological polar surface area (TPSA) is 79.0 Å². The van der Waals surface area contributed by atoms with Crippen molar-refractivity contribution >= 4 is 22.8 Å². The molecule has 1 fully saturated rings. The van der Waals surface area contributed by atoms with Gasteiger partial charge in [-0.3, -0.25) is 5.10 Å². The predicted octanol–water partition coefficient (Wildman–Crippen LogP) is 1.65. The SMILES string of the molecule is CCCNc1nc(N2CCC(COC)C2)c2cn[nH]c2n1. The zero-order chi connectivity index (χ0) is 14.7. The minimum Gasteiger partial charge on any atom is -0.384 e. The second-order valence-electron chi connectivity index (χ2n) is 5.49. The van der Waals surface area contributed by atoms with E-state index in [1.54, 1.807) is 13.3 Å². The third-order valence-corrected chi connectivity index (χ3v) is 3.81. The summed E-state index contributed by atoms with van der Waals surface area (Å²) in [5.74, 6) is 2.20. The van der Waals surface area contributed by atoms with Crippen LogP contribution in [0.2, 0.25) is 0 Å². The average molecular weight is 290 g/mol. The monoisotopic (exact) mass is 290 g/mol. The Morgan fingerprint density at radius 2 is 2.38 bits per heavy atom. The molecule has 2 N–H and O–H groups in total. The van der Waals surface area contributed by atoms with Crippen LogP contribution in [0.1, 0.15) is 19.8 Å². The number of hydrogen-bond donors (Lipinski definition) is 2. The minimum absolute atomic E-state index is 0.568. The van der Waals surface area contributed by atoms with Crippen molar-refractivity contribution in [2.45, 2.75) is 19.8 Å². The standard InChI is InChI=1S/C14H22N6O/c1-3-5-15-14-17-12-11(7-16-19-12)13(18-14)20-6-4-10(8-20)9-21-2/h7,10H,3-6,8-9H2,1-2H3,(H2,15,16,17,18,19). The lowest BCUT2D eigenvalue weighted by molar-refractivity contribution is 0.161. The second-order valence-corrected chi connectivity index (χ2v) is 5.49. The maximum absolute atomic E-state index is 5.27. The summed E-state index contributed by atoms with van der Waals surface area (Å²) >= 11 is 0. The number of H-pyrrole nitrogens is 1. The summed E-state index contributed by atoms with van der Waals surface area (Å²) < 4.78 is 5.27. The van der Waals surface area contributed by atoms with Crippen molar-refractivity contribution in [2.75, 3.05) is 43.6 Å². The molecule has 3 heterocycles. The van der Waals surface area contributed by atoms with Crippen LogP contribution >= 0.6 is 0 Å². The van der Waals surface area contributed by atoms with Crippen LogP contribution in [0, 0.1) is 5.92 Å². The van der Waals surface area contributed by atoms with E-state index >= 15 is 0 Å². The second kappa shape index (κ2) is 6.26. The number of methoxy groups -OCH3 is 1. The first-order valence-corrected chi connectivity index (χ1v) is 7.50. The van der Waals surface area contributed by atoms with Gasteiger partial charge in [0.25, 0.3) is 0 Å². The molecule has 1 aliphatic rings. The summed E-state index contributed by atoms with van der Waals surface area (Å²) in [7, 11) is 1.76. The van der Waals surface area contributed by atoms with Gasteiger partial charge in [-0.1, -0.05) is 6.92 Å². The van der Waals surface area contributed by atoms with Crippen molar-refractivity contribution in [2.24, 2.45) is 5.92 Å². The molecule has 1 saturated heterocycles. The van der Waals surface area contributed by atoms with Gasteiger partial charge in [-0.2, -0.15) is 15.1 Å². The highest BCUT2D eigenvalue weighted by Crippen LogP contribution is 2.28. The highest BCUT2D eigenvalue weighted by molar-refractivity contribution is 5.87. The molecule has 0 amide bonds. The molecule has 0 radical (unpaired) electrons. The molecule has 1 atom stereocenters. The fraction of sp³-hybridized carbons (Fsp3) is 0.643. The summed E-state index contributed by atoms with van der Waals surface area (Å²) in [6.07, 6.45) is 3.98. The minimum atomic E-state index is 0.568. The Bertz CT molecular complexity index is 598. The Morgan fingerprint density at radius 3 is 3.19 bits per heavy atom. The van der Waals surface area contributed by atoms with Crippen LogP contribution < -0.4 is 10.2 Å². The molecule has 0 aliphatic carbocycles. The molecular formula is C14H22N6O. The molecule has 0 saturated carbocycles. The normalized spacial score (nSPS) is 18.6. The highest BCUT2D eigenvalue weighted by atomic mass is 16.5. The summed E-state index contributed by atoms with van der Waals surface area (Å²) in [5.41, 5.74) is 0.786. The number of anilines is 2. The van der Waals surface area contributed by atoms with E-state index in [1.165, 1.54) is 0 Å². The van der Waals surface area contributed by atoms with E-state index in [4.69, 9.17) is 9.72 Å². The Hall–Kier alpha value is -1.89. The van der Waals surface area contributed by atoms with Gasteiger partial charge in [0, 0.05) is 32.7 Å². The summed E-state index contributed by atoms with van der Waals surface area (Å²) in [6, 6.07) is 0. The lowest BCUT2D eigenvalue weighted by Crippen LogP contribution is -2.23. The first-order valence-electron chi connectivity index (χ1n) is 7.50. The molecule has 0 aromatic carbocycles. The Morgan fingerprint density at radius 1 is 1.48 bits per heavy atom. The molecule has 3 rings (SSSR count). The molecule has 1 unspecified atom stereocenters. The number of ether oxygens (including phenoxy) is 1. The number of fused-ring (bicyclic) bond motifs is 1. The Labute approximate surface area is 124 Å². The molecule has 1 aliphatic heterocycles. The van der Waals surface area contributed by atoms with Crippen molar-refractivity contribution < 1.29 is 4.74 Å². The molecule has 7 heteroatoms. The maximum Gasteiger partial charge on any atom is 0.226 e. The molecule has 21 heavy (non-hydrogen) atoms. The number of nitrogens with zero attached hydrogens (tertiary/aromatic N) is 4. The summed E-state index contributed by atoms with van der Waals surface area (Å²) in [6.45, 7) is 5.76. The van der Waals surface area contributed by atoms with E-state index in [9.17, 15) is 0 Å². The van der Waals surface area contributed by atoms with Crippen molar-refractivity contribution in [3.63, 3.8) is 0 Å². The van der Waals surface area contributed by atoms with Crippen molar-refractivity contribution in [1.82, 2.24) is 20.2 Å². The van der Waals surface area contributed by atoms with Gasteiger partial charge in [0.2, 0.25) is 5.95 Å². The molecule has 2 aromatic rings. The van der Waals surface area contributed by atoms with Gasteiger partial charge in [-0.05, 0) is 12.8 Å². The lowest BCUT2D eigenvalue weighted by atomic mass is 10.1. The lowest BCUT2D eigenvalue weighted by Gasteiger charge is -2.19. The van der Waals surface area contributed by atoms with Gasteiger partial charge < -0.3 is 15.0 Å². The predicted molar refractivity (Wildman–Crippen MR) is 82.7 cm³/mol. The fourth-order valence-corrected chi connectivity index (χ4v) is 2.77. The van der Waals surface area contributed by atoms with E-state index in [1.807, 2.05) is 0 Å². The van der Waals surface area contributed by atoms with Crippen LogP contribution in [0.15, 0.2) is 6.20 Å². The van der Waals surface area contributed by atoms with E-state index in [0.29, 0.717) is 11.9 Å². The van der Waals surface area contributed by atoms with Gasteiger partial charge >= 0.3 is 0 Å². The number of aromatic amines is 1. The Balaban J connectivity index is 1.87. The first kappa shape index (κ1) is 14.1. The van der Waals surface area contributed by atoms with Crippen LogP contribution in [-0.2, 0) is 4.74 Å². The van der Waals surface area contributed by atoms with Crippen LogP contribution in [-0.4, -0.2) is 53.5 Å². The van der Waals surface area contributed by atoms with Gasteiger partial charge in [-0.25, -0.2) is 0 Å². The van der Waals surface area contributed by atoms with Crippen molar-refractivity contribution in [1.29, 1.82) is 0 Å². The van der Waals surface area contributed by atoms with Gasteiger partial charge in [0.1, 0.15) is 5.82 Å².